The number of hydrogen-bond donors (Lipinski definition) is 4. The van der Waals surface area contributed by atoms with Gasteiger partial charge in [-0.05, 0) is 107 Å². The molecule has 5 unspecified atom stereocenters. The quantitative estimate of drug-likeness (QED) is 0.421. The molecule has 6 atom stereocenters. The first-order valence-corrected chi connectivity index (χ1v) is 13.5. The first-order chi connectivity index (χ1) is 17.2. The van der Waals surface area contributed by atoms with Gasteiger partial charge in [0.1, 0.15) is 11.2 Å². The van der Waals surface area contributed by atoms with Gasteiger partial charge in [0.25, 0.3) is 0 Å². The lowest BCUT2D eigenvalue weighted by Crippen LogP contribution is -2.59. The maximum atomic E-state index is 12.4. The van der Waals surface area contributed by atoms with E-state index in [1.807, 2.05) is 21.0 Å². The number of allylic oxidation sites excluding steroid dienone is 2. The molecule has 4 aliphatic carbocycles. The molecule has 192 valence electrons. The normalized spacial score (nSPS) is 37.3. The summed E-state index contributed by atoms with van der Waals surface area (Å²) in [5.41, 5.74) is 3.61. The van der Waals surface area contributed by atoms with Gasteiger partial charge in [-0.3, -0.25) is 0 Å². The van der Waals surface area contributed by atoms with Crippen LogP contribution in [0.5, 0.6) is 0 Å². The molecule has 1 heterocycles. The van der Waals surface area contributed by atoms with Crippen molar-refractivity contribution in [3.8, 4) is 6.07 Å². The highest BCUT2D eigenvalue weighted by molar-refractivity contribution is 5.83. The Morgan fingerprint density at radius 1 is 1.17 bits per heavy atom. The number of aryl methyl sites for hydroxylation is 1. The van der Waals surface area contributed by atoms with Crippen LogP contribution in [-0.2, 0) is 0 Å². The second-order valence-corrected chi connectivity index (χ2v) is 11.8. The van der Waals surface area contributed by atoms with Crippen LogP contribution in [0, 0.1) is 40.9 Å². The van der Waals surface area contributed by atoms with E-state index in [0.717, 1.165) is 49.0 Å². The van der Waals surface area contributed by atoms with Crippen molar-refractivity contribution in [2.45, 2.75) is 76.9 Å². The number of benzene rings is 1. The van der Waals surface area contributed by atoms with Gasteiger partial charge < -0.3 is 20.5 Å². The highest BCUT2D eigenvalue weighted by Gasteiger charge is 2.65. The maximum absolute atomic E-state index is 12.4. The molecule has 0 spiro atoms. The predicted molar refractivity (Wildman–Crippen MR) is 143 cm³/mol. The van der Waals surface area contributed by atoms with Crippen LogP contribution in [0.4, 0.5) is 0 Å². The monoisotopic (exact) mass is 488 g/mol. The molecule has 1 aromatic heterocycles. The fraction of sp³-hybridized carbons (Fsp3) is 0.600. The number of aromatic amines is 1. The largest absolute Gasteiger partial charge is 0.393 e. The minimum absolute atomic E-state index is 0.00882. The number of aliphatic hydroxyl groups excluding tert-OH is 1. The Labute approximate surface area is 214 Å². The van der Waals surface area contributed by atoms with Gasteiger partial charge in [-0.1, -0.05) is 30.7 Å². The molecule has 0 amide bonds. The molecule has 6 rings (SSSR count). The summed E-state index contributed by atoms with van der Waals surface area (Å²) in [5, 5.41) is 36.0. The first kappa shape index (κ1) is 25.2. The van der Waals surface area contributed by atoms with Crippen LogP contribution in [-0.4, -0.2) is 46.0 Å². The van der Waals surface area contributed by atoms with Crippen LogP contribution < -0.4 is 5.32 Å². The number of nitrogens with zero attached hydrogens (tertiary/aromatic N) is 2. The Kier molecular flexibility index (Phi) is 6.39. The molecule has 4 N–H and O–H groups in total. The number of rotatable bonds is 1. The number of hydrogen-bond acceptors (Lipinski definition) is 5. The topological polar surface area (TPSA) is 105 Å². The minimum atomic E-state index is -1.06. The van der Waals surface area contributed by atoms with E-state index in [0.29, 0.717) is 25.2 Å². The lowest BCUT2D eigenvalue weighted by molar-refractivity contribution is -0.143. The molecule has 4 aliphatic rings. The van der Waals surface area contributed by atoms with Crippen molar-refractivity contribution in [1.29, 1.82) is 5.26 Å². The summed E-state index contributed by atoms with van der Waals surface area (Å²) in [7, 11) is 3.75. The Morgan fingerprint density at radius 3 is 2.69 bits per heavy atom. The van der Waals surface area contributed by atoms with Gasteiger partial charge in [-0.15, -0.1) is 0 Å². The molecule has 0 bridgehead atoms. The lowest BCUT2D eigenvalue weighted by atomic mass is 9.49. The molecule has 0 aliphatic heterocycles. The summed E-state index contributed by atoms with van der Waals surface area (Å²) in [6, 6.07) is 9.04. The van der Waals surface area contributed by atoms with Crippen molar-refractivity contribution in [2.24, 2.45) is 22.7 Å². The molecule has 1 aromatic carbocycles. The van der Waals surface area contributed by atoms with E-state index < -0.39 is 11.0 Å². The van der Waals surface area contributed by atoms with Gasteiger partial charge in [0.15, 0.2) is 0 Å². The molecule has 6 nitrogen and oxygen atoms in total. The van der Waals surface area contributed by atoms with Gasteiger partial charge in [-0.25, -0.2) is 4.98 Å². The average Bonchev–Trinajstić information content (AvgIpc) is 3.36. The molecule has 2 saturated carbocycles. The number of aliphatic hydroxyl groups is 2. The van der Waals surface area contributed by atoms with E-state index in [-0.39, 0.29) is 17.4 Å². The molecule has 36 heavy (non-hydrogen) atoms. The summed E-state index contributed by atoms with van der Waals surface area (Å²) in [6.45, 7) is 4.27. The zero-order chi connectivity index (χ0) is 25.7. The maximum Gasteiger partial charge on any atom is 0.105 e. The van der Waals surface area contributed by atoms with Crippen molar-refractivity contribution in [1.82, 2.24) is 15.3 Å². The van der Waals surface area contributed by atoms with E-state index >= 15 is 0 Å². The summed E-state index contributed by atoms with van der Waals surface area (Å²) in [5.74, 6) is 1.31. The fourth-order valence-corrected chi connectivity index (χ4v) is 7.80. The number of H-pyrrole nitrogens is 1. The van der Waals surface area contributed by atoms with Crippen LogP contribution in [0.15, 0.2) is 35.9 Å². The zero-order valence-electron chi connectivity index (χ0n) is 22.1. The third kappa shape index (κ3) is 3.75. The molecule has 2 aromatic rings. The SMILES string of the molecule is CNC.Cc1nc2ccc(C3=CCC4C3(C)CCC3(C#N)C=C5CC(O)CCC5CC[C@]43O)cc2[nH]1. The molecule has 6 heteroatoms. The number of aromatic nitrogens is 2. The van der Waals surface area contributed by atoms with Gasteiger partial charge >= 0.3 is 0 Å². The number of nitrogens with one attached hydrogen (secondary N) is 2. The summed E-state index contributed by atoms with van der Waals surface area (Å²) in [6.07, 6.45) is 10.4. The Bertz CT molecular complexity index is 1260. The van der Waals surface area contributed by atoms with Crippen LogP contribution >= 0.6 is 0 Å². The second kappa shape index (κ2) is 9.13. The minimum Gasteiger partial charge on any atom is -0.393 e. The Balaban J connectivity index is 0.000000848. The summed E-state index contributed by atoms with van der Waals surface area (Å²) < 4.78 is 0. The van der Waals surface area contributed by atoms with E-state index in [1.54, 1.807) is 0 Å². The number of nitriles is 1. The summed E-state index contributed by atoms with van der Waals surface area (Å²) in [4.78, 5) is 7.90. The molecule has 0 radical (unpaired) electrons. The number of fused-ring (bicyclic) bond motifs is 5. The van der Waals surface area contributed by atoms with Crippen molar-refractivity contribution in [3.05, 3.63) is 47.3 Å². The molecular formula is C30H40N4O2. The fourth-order valence-electron chi connectivity index (χ4n) is 7.80. The zero-order valence-corrected chi connectivity index (χ0v) is 22.1. The van der Waals surface area contributed by atoms with E-state index in [2.05, 4.69) is 58.6 Å². The predicted octanol–water partition coefficient (Wildman–Crippen LogP) is 5.03. The van der Waals surface area contributed by atoms with Crippen LogP contribution in [0.1, 0.15) is 69.7 Å². The van der Waals surface area contributed by atoms with Crippen molar-refractivity contribution >= 4 is 16.6 Å². The number of imidazole rings is 1. The second-order valence-electron chi connectivity index (χ2n) is 11.8. The standard InChI is InChI=1S/C28H33N3O2.C2H7N/c1-17-30-23-7-4-19(14-24(23)31-17)22-6-8-25-26(22,2)11-12-27(16-29)15-20-13-21(32)5-3-18(20)9-10-28(25,27)33;1-3-2/h4,6-7,14-15,18,21,25,32-33H,3,5,8-13H2,1-2H3,(H,30,31);3H,1-2H3/t18?,21?,25?,26?,27?,28-;/m0./s1. The molecule has 0 saturated heterocycles. The van der Waals surface area contributed by atoms with Crippen LogP contribution in [0.25, 0.3) is 16.6 Å². The van der Waals surface area contributed by atoms with E-state index in [9.17, 15) is 15.5 Å². The smallest absolute Gasteiger partial charge is 0.105 e. The molecular weight excluding hydrogens is 448 g/mol. The highest BCUT2D eigenvalue weighted by Crippen LogP contribution is 2.66. The van der Waals surface area contributed by atoms with E-state index in [1.165, 1.54) is 16.7 Å². The van der Waals surface area contributed by atoms with Crippen molar-refractivity contribution in [3.63, 3.8) is 0 Å². The third-order valence-electron chi connectivity index (χ3n) is 9.59. The van der Waals surface area contributed by atoms with Gasteiger partial charge in [-0.2, -0.15) is 5.26 Å². The van der Waals surface area contributed by atoms with Gasteiger partial charge in [0.2, 0.25) is 0 Å². The van der Waals surface area contributed by atoms with Crippen LogP contribution in [0.2, 0.25) is 0 Å². The lowest BCUT2D eigenvalue weighted by Gasteiger charge is -2.56. The summed E-state index contributed by atoms with van der Waals surface area (Å²) >= 11 is 0. The third-order valence-corrected chi connectivity index (χ3v) is 9.59. The van der Waals surface area contributed by atoms with Crippen molar-refractivity contribution < 1.29 is 10.2 Å². The Morgan fingerprint density at radius 2 is 1.94 bits per heavy atom. The van der Waals surface area contributed by atoms with E-state index in [4.69, 9.17) is 0 Å². The van der Waals surface area contributed by atoms with Crippen molar-refractivity contribution in [2.75, 3.05) is 14.1 Å². The van der Waals surface area contributed by atoms with Gasteiger partial charge in [0.05, 0.1) is 28.8 Å². The average molecular weight is 489 g/mol. The first-order valence-electron chi connectivity index (χ1n) is 13.5. The van der Waals surface area contributed by atoms with Crippen LogP contribution in [0.3, 0.4) is 0 Å². The van der Waals surface area contributed by atoms with Gasteiger partial charge in [0, 0.05) is 5.92 Å². The highest BCUT2D eigenvalue weighted by atomic mass is 16.3. The molecule has 2 fully saturated rings. The Hall–Kier alpha value is -2.46.